The van der Waals surface area contributed by atoms with Gasteiger partial charge in [0.2, 0.25) is 5.91 Å². The molecule has 0 fully saturated rings. The van der Waals surface area contributed by atoms with Gasteiger partial charge in [-0.1, -0.05) is 30.3 Å². The third kappa shape index (κ3) is 4.30. The molecule has 2 N–H and O–H groups in total. The molecule has 0 aliphatic carbocycles. The molecule has 0 radical (unpaired) electrons. The molecular formula is C22H21N3O3S. The fourth-order valence-electron chi connectivity index (χ4n) is 3.37. The van der Waals surface area contributed by atoms with E-state index >= 15 is 0 Å². The number of carbonyl (C=O) groups is 2. The van der Waals surface area contributed by atoms with Gasteiger partial charge in [-0.05, 0) is 23.8 Å². The second-order valence-electron chi connectivity index (χ2n) is 6.78. The van der Waals surface area contributed by atoms with Crippen LogP contribution in [-0.2, 0) is 27.2 Å². The van der Waals surface area contributed by atoms with Crippen molar-refractivity contribution in [3.05, 3.63) is 65.3 Å². The summed E-state index contributed by atoms with van der Waals surface area (Å²) in [7, 11) is 1.33. The van der Waals surface area contributed by atoms with E-state index in [1.54, 1.807) is 11.3 Å². The van der Waals surface area contributed by atoms with Gasteiger partial charge in [0.1, 0.15) is 6.04 Å². The molecule has 0 spiro atoms. The number of ether oxygens (including phenoxy) is 1. The third-order valence-corrected chi connectivity index (χ3v) is 5.92. The van der Waals surface area contributed by atoms with E-state index in [-0.39, 0.29) is 12.3 Å². The number of H-pyrrole nitrogens is 1. The highest BCUT2D eigenvalue weighted by atomic mass is 32.1. The number of aryl methyl sites for hydroxylation is 1. The number of thiazole rings is 1. The Morgan fingerprint density at radius 1 is 1.17 bits per heavy atom. The number of hydrogen-bond acceptors (Lipinski definition) is 5. The molecular weight excluding hydrogens is 386 g/mol. The summed E-state index contributed by atoms with van der Waals surface area (Å²) in [6.07, 6.45) is 3.03. The molecule has 0 saturated heterocycles. The summed E-state index contributed by atoms with van der Waals surface area (Å²) in [4.78, 5) is 32.5. The molecule has 1 amide bonds. The first-order valence-electron chi connectivity index (χ1n) is 9.40. The molecule has 1 atom stereocenters. The van der Waals surface area contributed by atoms with Crippen LogP contribution < -0.4 is 5.32 Å². The Morgan fingerprint density at radius 3 is 2.79 bits per heavy atom. The van der Waals surface area contributed by atoms with Gasteiger partial charge in [-0.3, -0.25) is 4.79 Å². The molecule has 4 aromatic rings. The number of benzene rings is 2. The molecule has 29 heavy (non-hydrogen) atoms. The molecule has 0 aliphatic heterocycles. The minimum Gasteiger partial charge on any atom is -0.467 e. The van der Waals surface area contributed by atoms with E-state index in [2.05, 4.69) is 15.3 Å². The summed E-state index contributed by atoms with van der Waals surface area (Å²) in [5, 5.41) is 4.77. The van der Waals surface area contributed by atoms with Gasteiger partial charge in [0.15, 0.2) is 0 Å². The summed E-state index contributed by atoms with van der Waals surface area (Å²) in [5.41, 5.74) is 2.90. The van der Waals surface area contributed by atoms with Crippen LogP contribution in [0.1, 0.15) is 17.0 Å². The van der Waals surface area contributed by atoms with Gasteiger partial charge in [-0.15, -0.1) is 11.3 Å². The number of methoxy groups -OCH3 is 1. The molecule has 2 heterocycles. The number of nitrogens with zero attached hydrogens (tertiary/aromatic N) is 1. The zero-order valence-corrected chi connectivity index (χ0v) is 16.8. The van der Waals surface area contributed by atoms with Gasteiger partial charge in [0, 0.05) is 36.4 Å². The van der Waals surface area contributed by atoms with E-state index in [1.807, 2.05) is 54.7 Å². The van der Waals surface area contributed by atoms with Crippen molar-refractivity contribution >= 4 is 44.3 Å². The molecule has 0 saturated carbocycles. The predicted molar refractivity (Wildman–Crippen MR) is 114 cm³/mol. The van der Waals surface area contributed by atoms with Crippen LogP contribution in [-0.4, -0.2) is 35.0 Å². The van der Waals surface area contributed by atoms with E-state index in [1.165, 1.54) is 7.11 Å². The highest BCUT2D eigenvalue weighted by Gasteiger charge is 2.23. The molecule has 0 unspecified atom stereocenters. The maximum Gasteiger partial charge on any atom is 0.328 e. The number of para-hydroxylation sites is 2. The minimum absolute atomic E-state index is 0.195. The van der Waals surface area contributed by atoms with Crippen molar-refractivity contribution in [1.82, 2.24) is 15.3 Å². The van der Waals surface area contributed by atoms with E-state index in [4.69, 9.17) is 4.74 Å². The average molecular weight is 407 g/mol. The van der Waals surface area contributed by atoms with E-state index in [0.717, 1.165) is 31.7 Å². The second kappa shape index (κ2) is 8.45. The highest BCUT2D eigenvalue weighted by molar-refractivity contribution is 7.18. The van der Waals surface area contributed by atoms with Crippen LogP contribution in [0.3, 0.4) is 0 Å². The highest BCUT2D eigenvalue weighted by Crippen LogP contribution is 2.23. The lowest BCUT2D eigenvalue weighted by Crippen LogP contribution is -2.43. The van der Waals surface area contributed by atoms with Crippen LogP contribution in [0.2, 0.25) is 0 Å². The van der Waals surface area contributed by atoms with Crippen LogP contribution in [0.5, 0.6) is 0 Å². The number of aromatic nitrogens is 2. The van der Waals surface area contributed by atoms with Gasteiger partial charge in [0.25, 0.3) is 0 Å². The summed E-state index contributed by atoms with van der Waals surface area (Å²) in [5.74, 6) is -0.650. The molecule has 0 bridgehead atoms. The lowest BCUT2D eigenvalue weighted by atomic mass is 10.0. The Labute approximate surface area is 171 Å². The van der Waals surface area contributed by atoms with Crippen LogP contribution in [0, 0.1) is 0 Å². The number of hydrogen-bond donors (Lipinski definition) is 2. The summed E-state index contributed by atoms with van der Waals surface area (Å²) >= 11 is 1.59. The monoisotopic (exact) mass is 407 g/mol. The maximum atomic E-state index is 12.5. The van der Waals surface area contributed by atoms with Crippen LogP contribution in [0.25, 0.3) is 21.1 Å². The Balaban J connectivity index is 1.42. The fourth-order valence-corrected chi connectivity index (χ4v) is 4.34. The van der Waals surface area contributed by atoms with Gasteiger partial charge in [-0.25, -0.2) is 9.78 Å². The largest absolute Gasteiger partial charge is 0.467 e. The lowest BCUT2D eigenvalue weighted by molar-refractivity contribution is -0.145. The number of aromatic amines is 1. The summed E-state index contributed by atoms with van der Waals surface area (Å²) in [6, 6.07) is 15.0. The van der Waals surface area contributed by atoms with Crippen molar-refractivity contribution in [2.45, 2.75) is 25.3 Å². The molecule has 2 aromatic carbocycles. The summed E-state index contributed by atoms with van der Waals surface area (Å²) in [6.45, 7) is 0. The molecule has 6 nitrogen and oxygen atoms in total. The molecule has 0 aliphatic rings. The molecule has 2 aromatic heterocycles. The van der Waals surface area contributed by atoms with Crippen LogP contribution in [0.15, 0.2) is 54.7 Å². The van der Waals surface area contributed by atoms with Gasteiger partial charge < -0.3 is 15.0 Å². The Kier molecular flexibility index (Phi) is 5.57. The van der Waals surface area contributed by atoms with Gasteiger partial charge >= 0.3 is 5.97 Å². The van der Waals surface area contributed by atoms with Crippen molar-refractivity contribution in [3.63, 3.8) is 0 Å². The number of fused-ring (bicyclic) bond motifs is 2. The van der Waals surface area contributed by atoms with Crippen molar-refractivity contribution < 1.29 is 14.3 Å². The lowest BCUT2D eigenvalue weighted by Gasteiger charge is -2.16. The molecule has 148 valence electrons. The maximum absolute atomic E-state index is 12.5. The van der Waals surface area contributed by atoms with Crippen molar-refractivity contribution in [1.29, 1.82) is 0 Å². The zero-order valence-electron chi connectivity index (χ0n) is 16.0. The van der Waals surface area contributed by atoms with Gasteiger partial charge in [-0.2, -0.15) is 0 Å². The predicted octanol–water partition coefficient (Wildman–Crippen LogP) is 3.61. The number of carbonyl (C=O) groups excluding carboxylic acids is 2. The number of amides is 1. The van der Waals surface area contributed by atoms with E-state index in [0.29, 0.717) is 12.8 Å². The normalized spacial score (nSPS) is 12.2. The smallest absolute Gasteiger partial charge is 0.328 e. The third-order valence-electron chi connectivity index (χ3n) is 4.82. The zero-order chi connectivity index (χ0) is 20.2. The molecule has 7 heteroatoms. The van der Waals surface area contributed by atoms with E-state index in [9.17, 15) is 9.59 Å². The first-order chi connectivity index (χ1) is 14.1. The standard InChI is InChI=1S/C22H21N3O3S/c1-28-22(27)18(12-14-13-23-16-7-3-2-6-15(14)16)24-20(26)10-11-21-25-17-8-4-5-9-19(17)29-21/h2-9,13,18,23H,10-12H2,1H3,(H,24,26)/t18-/m1/s1. The van der Waals surface area contributed by atoms with Crippen LogP contribution >= 0.6 is 11.3 Å². The van der Waals surface area contributed by atoms with Gasteiger partial charge in [0.05, 0.1) is 22.3 Å². The summed E-state index contributed by atoms with van der Waals surface area (Å²) < 4.78 is 6.01. The Hall–Kier alpha value is -3.19. The van der Waals surface area contributed by atoms with Crippen LogP contribution in [0.4, 0.5) is 0 Å². The first kappa shape index (κ1) is 19.1. The SMILES string of the molecule is COC(=O)[C@@H](Cc1c[nH]c2ccccc12)NC(=O)CCc1nc2ccccc2s1. The number of esters is 1. The first-order valence-corrected chi connectivity index (χ1v) is 10.2. The second-order valence-corrected chi connectivity index (χ2v) is 7.90. The Morgan fingerprint density at radius 2 is 1.97 bits per heavy atom. The van der Waals surface area contributed by atoms with Crippen molar-refractivity contribution in [2.24, 2.45) is 0 Å². The topological polar surface area (TPSA) is 84.1 Å². The van der Waals surface area contributed by atoms with Crippen molar-refractivity contribution in [3.8, 4) is 0 Å². The number of rotatable bonds is 7. The quantitative estimate of drug-likeness (QED) is 0.459. The fraction of sp³-hybridized carbons (Fsp3) is 0.227. The average Bonchev–Trinajstić information content (AvgIpc) is 3.35. The number of nitrogens with one attached hydrogen (secondary N) is 2. The molecule has 4 rings (SSSR count). The van der Waals surface area contributed by atoms with E-state index < -0.39 is 12.0 Å². The Bertz CT molecular complexity index is 1130. The van der Waals surface area contributed by atoms with Crippen molar-refractivity contribution in [2.75, 3.05) is 7.11 Å². The minimum atomic E-state index is -0.734.